The van der Waals surface area contributed by atoms with E-state index in [0.29, 0.717) is 6.61 Å². The van der Waals surface area contributed by atoms with Crippen LogP contribution in [0.25, 0.3) is 0 Å². The second-order valence-corrected chi connectivity index (χ2v) is 4.60. The van der Waals surface area contributed by atoms with E-state index in [9.17, 15) is 0 Å². The second-order valence-electron chi connectivity index (χ2n) is 4.60. The van der Waals surface area contributed by atoms with Gasteiger partial charge in [-0.1, -0.05) is 6.92 Å². The van der Waals surface area contributed by atoms with Crippen LogP contribution in [0.1, 0.15) is 30.8 Å². The molecule has 2 rings (SSSR count). The molecule has 4 nitrogen and oxygen atoms in total. The molecule has 0 unspecified atom stereocenters. The lowest BCUT2D eigenvalue weighted by Gasteiger charge is -2.09. The van der Waals surface area contributed by atoms with Crippen LogP contribution in [0.15, 0.2) is 24.3 Å². The number of nitrogens with two attached hydrogens (primary N) is 1. The fraction of sp³-hybridized carbons (Fsp3) is 0.400. The smallest absolute Gasteiger partial charge is 0.130 e. The summed E-state index contributed by atoms with van der Waals surface area (Å²) >= 11 is 0. The van der Waals surface area contributed by atoms with Crippen LogP contribution in [0.2, 0.25) is 0 Å². The van der Waals surface area contributed by atoms with Crippen molar-refractivity contribution in [2.45, 2.75) is 40.3 Å². The maximum atomic E-state index is 5.81. The van der Waals surface area contributed by atoms with Gasteiger partial charge < -0.3 is 10.5 Å². The van der Waals surface area contributed by atoms with Gasteiger partial charge in [0.25, 0.3) is 0 Å². The molecule has 0 atom stereocenters. The van der Waals surface area contributed by atoms with Gasteiger partial charge in [0.15, 0.2) is 0 Å². The first-order valence-corrected chi connectivity index (χ1v) is 6.68. The van der Waals surface area contributed by atoms with Gasteiger partial charge in [-0.2, -0.15) is 5.10 Å². The minimum atomic E-state index is 0.532. The van der Waals surface area contributed by atoms with E-state index in [4.69, 9.17) is 10.5 Å². The summed E-state index contributed by atoms with van der Waals surface area (Å²) in [6, 6.07) is 7.84. The Balaban J connectivity index is 2.09. The van der Waals surface area contributed by atoms with Crippen LogP contribution in [-0.4, -0.2) is 9.78 Å². The fourth-order valence-corrected chi connectivity index (χ4v) is 1.97. The molecular formula is C15H21N3O. The van der Waals surface area contributed by atoms with E-state index in [1.807, 2.05) is 29.8 Å². The van der Waals surface area contributed by atoms with Crippen molar-refractivity contribution in [2.75, 3.05) is 5.73 Å². The maximum absolute atomic E-state index is 5.81. The highest BCUT2D eigenvalue weighted by molar-refractivity contribution is 5.49. The molecule has 2 N–H and O–H groups in total. The predicted octanol–water partition coefficient (Wildman–Crippen LogP) is 2.94. The highest BCUT2D eigenvalue weighted by Gasteiger charge is 2.06. The maximum Gasteiger partial charge on any atom is 0.130 e. The van der Waals surface area contributed by atoms with E-state index in [1.54, 1.807) is 0 Å². The number of ether oxygens (including phenoxy) is 1. The van der Waals surface area contributed by atoms with Gasteiger partial charge in [-0.15, -0.1) is 0 Å². The molecule has 1 heterocycles. The summed E-state index contributed by atoms with van der Waals surface area (Å²) < 4.78 is 7.80. The molecule has 19 heavy (non-hydrogen) atoms. The average Bonchev–Trinajstić information content (AvgIpc) is 2.82. The molecule has 0 aliphatic carbocycles. The standard InChI is InChI=1S/C15H21N3O/c1-4-12-9-13(18(5-2)17-12)10-19-14-6-7-15(16)11(3)8-14/h6-9H,4-5,10,16H2,1-3H3. The molecule has 102 valence electrons. The summed E-state index contributed by atoms with van der Waals surface area (Å²) in [6.07, 6.45) is 0.945. The quantitative estimate of drug-likeness (QED) is 0.840. The summed E-state index contributed by atoms with van der Waals surface area (Å²) in [6.45, 7) is 7.57. The van der Waals surface area contributed by atoms with Crippen molar-refractivity contribution in [3.63, 3.8) is 0 Å². The number of nitrogens with zero attached hydrogens (tertiary/aromatic N) is 2. The Labute approximate surface area is 114 Å². The Morgan fingerprint density at radius 1 is 1.26 bits per heavy atom. The van der Waals surface area contributed by atoms with Crippen molar-refractivity contribution in [1.82, 2.24) is 9.78 Å². The number of rotatable bonds is 5. The summed E-state index contributed by atoms with van der Waals surface area (Å²) in [7, 11) is 0. The van der Waals surface area contributed by atoms with Crippen LogP contribution in [-0.2, 0) is 19.6 Å². The van der Waals surface area contributed by atoms with Gasteiger partial charge in [0.1, 0.15) is 12.4 Å². The minimum absolute atomic E-state index is 0.532. The van der Waals surface area contributed by atoms with Crippen molar-refractivity contribution in [2.24, 2.45) is 0 Å². The second kappa shape index (κ2) is 5.78. The van der Waals surface area contributed by atoms with Crippen LogP contribution in [0.3, 0.4) is 0 Å². The average molecular weight is 259 g/mol. The topological polar surface area (TPSA) is 53.1 Å². The zero-order chi connectivity index (χ0) is 13.8. The molecule has 0 fully saturated rings. The number of aryl methyl sites for hydroxylation is 3. The SMILES string of the molecule is CCc1cc(COc2ccc(N)c(C)c2)n(CC)n1. The molecule has 4 heteroatoms. The number of hydrogen-bond acceptors (Lipinski definition) is 3. The molecule has 0 radical (unpaired) electrons. The first kappa shape index (κ1) is 13.5. The number of hydrogen-bond donors (Lipinski definition) is 1. The summed E-state index contributed by atoms with van der Waals surface area (Å²) in [5, 5.41) is 4.51. The van der Waals surface area contributed by atoms with Crippen LogP contribution in [0.5, 0.6) is 5.75 Å². The first-order valence-electron chi connectivity index (χ1n) is 6.68. The Morgan fingerprint density at radius 3 is 2.68 bits per heavy atom. The minimum Gasteiger partial charge on any atom is -0.487 e. The molecule has 0 amide bonds. The molecule has 0 bridgehead atoms. The van der Waals surface area contributed by atoms with Crippen molar-refractivity contribution >= 4 is 5.69 Å². The van der Waals surface area contributed by atoms with E-state index in [0.717, 1.165) is 41.4 Å². The van der Waals surface area contributed by atoms with Gasteiger partial charge >= 0.3 is 0 Å². The Hall–Kier alpha value is -1.97. The Kier molecular flexibility index (Phi) is 4.10. The molecule has 0 aliphatic heterocycles. The fourth-order valence-electron chi connectivity index (χ4n) is 1.97. The lowest BCUT2D eigenvalue weighted by atomic mass is 10.2. The van der Waals surface area contributed by atoms with Crippen LogP contribution in [0.4, 0.5) is 5.69 Å². The predicted molar refractivity (Wildman–Crippen MR) is 77.2 cm³/mol. The Bertz CT molecular complexity index is 561. The third-order valence-corrected chi connectivity index (χ3v) is 3.20. The molecule has 1 aromatic heterocycles. The van der Waals surface area contributed by atoms with E-state index < -0.39 is 0 Å². The summed E-state index contributed by atoms with van der Waals surface area (Å²) in [5.41, 5.74) is 9.83. The van der Waals surface area contributed by atoms with E-state index in [2.05, 4.69) is 25.0 Å². The van der Waals surface area contributed by atoms with Crippen LogP contribution < -0.4 is 10.5 Å². The lowest BCUT2D eigenvalue weighted by Crippen LogP contribution is -2.06. The van der Waals surface area contributed by atoms with Gasteiger partial charge in [0.05, 0.1) is 11.4 Å². The third-order valence-electron chi connectivity index (χ3n) is 3.20. The zero-order valence-corrected chi connectivity index (χ0v) is 11.8. The number of aromatic nitrogens is 2. The van der Waals surface area contributed by atoms with Gasteiger partial charge in [-0.05, 0) is 50.1 Å². The van der Waals surface area contributed by atoms with Crippen molar-refractivity contribution < 1.29 is 4.74 Å². The molecule has 0 spiro atoms. The van der Waals surface area contributed by atoms with E-state index >= 15 is 0 Å². The van der Waals surface area contributed by atoms with Crippen molar-refractivity contribution in [1.29, 1.82) is 0 Å². The third kappa shape index (κ3) is 3.08. The van der Waals surface area contributed by atoms with Crippen LogP contribution in [0, 0.1) is 6.92 Å². The van der Waals surface area contributed by atoms with Crippen molar-refractivity contribution in [3.8, 4) is 5.75 Å². The molecule has 1 aromatic carbocycles. The molecule has 0 saturated carbocycles. The molecule has 2 aromatic rings. The first-order chi connectivity index (χ1) is 9.13. The van der Waals surface area contributed by atoms with Crippen molar-refractivity contribution in [3.05, 3.63) is 41.2 Å². The Morgan fingerprint density at radius 2 is 2.05 bits per heavy atom. The largest absolute Gasteiger partial charge is 0.487 e. The number of benzene rings is 1. The van der Waals surface area contributed by atoms with Crippen LogP contribution >= 0.6 is 0 Å². The van der Waals surface area contributed by atoms with Gasteiger partial charge in [0, 0.05) is 12.2 Å². The van der Waals surface area contributed by atoms with E-state index in [-0.39, 0.29) is 0 Å². The molecular weight excluding hydrogens is 238 g/mol. The molecule has 0 aliphatic rings. The van der Waals surface area contributed by atoms with Gasteiger partial charge in [-0.3, -0.25) is 4.68 Å². The lowest BCUT2D eigenvalue weighted by molar-refractivity contribution is 0.292. The highest BCUT2D eigenvalue weighted by atomic mass is 16.5. The normalized spacial score (nSPS) is 10.7. The van der Waals surface area contributed by atoms with Gasteiger partial charge in [0.2, 0.25) is 0 Å². The zero-order valence-electron chi connectivity index (χ0n) is 11.8. The monoisotopic (exact) mass is 259 g/mol. The van der Waals surface area contributed by atoms with Gasteiger partial charge in [-0.25, -0.2) is 0 Å². The summed E-state index contributed by atoms with van der Waals surface area (Å²) in [5.74, 6) is 0.841. The number of anilines is 1. The molecule has 0 saturated heterocycles. The number of nitrogen functional groups attached to an aromatic ring is 1. The highest BCUT2D eigenvalue weighted by Crippen LogP contribution is 2.20. The summed E-state index contributed by atoms with van der Waals surface area (Å²) in [4.78, 5) is 0. The van der Waals surface area contributed by atoms with E-state index in [1.165, 1.54) is 0 Å².